The van der Waals surface area contributed by atoms with Crippen LogP contribution in [0.25, 0.3) is 0 Å². The van der Waals surface area contributed by atoms with Crippen LogP contribution in [0.3, 0.4) is 0 Å². The van der Waals surface area contributed by atoms with E-state index in [2.05, 4.69) is 23.7 Å². The van der Waals surface area contributed by atoms with E-state index < -0.39 is 0 Å². The van der Waals surface area contributed by atoms with Gasteiger partial charge in [-0.15, -0.1) is 0 Å². The van der Waals surface area contributed by atoms with Gasteiger partial charge in [0.2, 0.25) is 0 Å². The van der Waals surface area contributed by atoms with Crippen molar-refractivity contribution in [3.63, 3.8) is 0 Å². The van der Waals surface area contributed by atoms with Crippen LogP contribution in [-0.4, -0.2) is 14.5 Å². The van der Waals surface area contributed by atoms with Crippen LogP contribution in [0.1, 0.15) is 166 Å². The average Bonchev–Trinajstić information content (AvgIpc) is 3.23. The SMILES string of the molecule is CCCCCCCCCCCCCc1c[se]cc1CCCCCCCCCCCCC. The van der Waals surface area contributed by atoms with Gasteiger partial charge in [0.05, 0.1) is 0 Å². The van der Waals surface area contributed by atoms with Crippen LogP contribution in [0.4, 0.5) is 0 Å². The van der Waals surface area contributed by atoms with Gasteiger partial charge in [-0.2, -0.15) is 0 Å². The molecule has 0 saturated carbocycles. The third kappa shape index (κ3) is 18.1. The standard InChI is InChI=1S/C30H56Se/c1-3-5-7-9-11-13-15-17-19-21-23-25-29-27-31-28-30(29)26-24-22-20-18-16-14-12-10-8-6-4-2/h27-28H,3-26H2,1-2H3. The normalized spacial score (nSPS) is 11.4. The summed E-state index contributed by atoms with van der Waals surface area (Å²) < 4.78 is 0. The van der Waals surface area contributed by atoms with Crippen LogP contribution in [0.2, 0.25) is 0 Å². The molecule has 0 nitrogen and oxygen atoms in total. The molecular weight excluding hydrogens is 439 g/mol. The number of unbranched alkanes of at least 4 members (excludes halogenated alkanes) is 20. The van der Waals surface area contributed by atoms with Gasteiger partial charge in [-0.1, -0.05) is 39.5 Å². The van der Waals surface area contributed by atoms with Crippen molar-refractivity contribution in [2.75, 3.05) is 0 Å². The molecule has 0 atom stereocenters. The van der Waals surface area contributed by atoms with Gasteiger partial charge in [-0.05, 0) is 0 Å². The van der Waals surface area contributed by atoms with Gasteiger partial charge < -0.3 is 0 Å². The molecule has 0 amide bonds. The fourth-order valence-electron chi connectivity index (χ4n) is 4.75. The van der Waals surface area contributed by atoms with Crippen LogP contribution in [0.5, 0.6) is 0 Å². The Morgan fingerprint density at radius 2 is 0.645 bits per heavy atom. The number of aryl methyl sites for hydroxylation is 2. The minimum atomic E-state index is 0.667. The molecule has 0 aromatic carbocycles. The Bertz CT molecular complexity index is 420. The molecule has 0 bridgehead atoms. The first-order chi connectivity index (χ1) is 15.4. The van der Waals surface area contributed by atoms with Crippen LogP contribution in [0.15, 0.2) is 9.88 Å². The summed E-state index contributed by atoms with van der Waals surface area (Å²) in [4.78, 5) is 5.16. The summed E-state index contributed by atoms with van der Waals surface area (Å²) in [6.07, 6.45) is 34.7. The summed E-state index contributed by atoms with van der Waals surface area (Å²) in [5, 5.41) is 0. The molecule has 1 heterocycles. The molecule has 0 aliphatic carbocycles. The molecular formula is C30H56Se. The summed E-state index contributed by atoms with van der Waals surface area (Å²) >= 11 is 0.667. The molecule has 0 unspecified atom stereocenters. The molecule has 0 N–H and O–H groups in total. The van der Waals surface area contributed by atoms with E-state index in [1.54, 1.807) is 11.1 Å². The van der Waals surface area contributed by atoms with E-state index >= 15 is 0 Å². The van der Waals surface area contributed by atoms with Crippen LogP contribution < -0.4 is 0 Å². The van der Waals surface area contributed by atoms with Crippen LogP contribution in [0, 0.1) is 0 Å². The van der Waals surface area contributed by atoms with Gasteiger partial charge in [-0.3, -0.25) is 0 Å². The second kappa shape index (κ2) is 23.2. The zero-order valence-corrected chi connectivity index (χ0v) is 23.2. The van der Waals surface area contributed by atoms with Crippen molar-refractivity contribution < 1.29 is 0 Å². The molecule has 1 rings (SSSR count). The maximum atomic E-state index is 2.58. The zero-order valence-electron chi connectivity index (χ0n) is 21.5. The fraction of sp³-hybridized carbons (Fsp3) is 0.867. The Kier molecular flexibility index (Phi) is 21.7. The van der Waals surface area contributed by atoms with Crippen molar-refractivity contribution in [3.8, 4) is 0 Å². The predicted molar refractivity (Wildman–Crippen MR) is 144 cm³/mol. The predicted octanol–water partition coefficient (Wildman–Crippen LogP) is 10.5. The van der Waals surface area contributed by atoms with Crippen LogP contribution in [-0.2, 0) is 12.8 Å². The van der Waals surface area contributed by atoms with Gasteiger partial charge in [0.15, 0.2) is 0 Å². The Labute approximate surface area is 203 Å². The Morgan fingerprint density at radius 3 is 0.935 bits per heavy atom. The van der Waals surface area contributed by atoms with Gasteiger partial charge in [0, 0.05) is 0 Å². The minimum Gasteiger partial charge on any atom is -0.0654 e. The van der Waals surface area contributed by atoms with Crippen molar-refractivity contribution in [2.45, 2.75) is 168 Å². The van der Waals surface area contributed by atoms with Crippen molar-refractivity contribution in [1.29, 1.82) is 0 Å². The monoisotopic (exact) mass is 496 g/mol. The van der Waals surface area contributed by atoms with Gasteiger partial charge in [0.1, 0.15) is 0 Å². The van der Waals surface area contributed by atoms with Crippen molar-refractivity contribution in [3.05, 3.63) is 21.0 Å². The topological polar surface area (TPSA) is 0 Å². The molecule has 0 aliphatic rings. The fourth-order valence-corrected chi connectivity index (χ4v) is 6.71. The third-order valence-electron chi connectivity index (χ3n) is 6.93. The quantitative estimate of drug-likeness (QED) is 0.0988. The van der Waals surface area contributed by atoms with E-state index in [4.69, 9.17) is 0 Å². The minimum absolute atomic E-state index is 0.667. The summed E-state index contributed by atoms with van der Waals surface area (Å²) in [6.45, 7) is 4.61. The Morgan fingerprint density at radius 1 is 0.387 bits per heavy atom. The molecule has 0 spiro atoms. The summed E-state index contributed by atoms with van der Waals surface area (Å²) in [5.41, 5.74) is 3.48. The molecule has 0 radical (unpaired) electrons. The van der Waals surface area contributed by atoms with E-state index in [1.165, 1.54) is 154 Å². The molecule has 1 aromatic rings. The number of hydrogen-bond acceptors (Lipinski definition) is 0. The smallest absolute Gasteiger partial charge is 0.0654 e. The molecule has 0 fully saturated rings. The third-order valence-corrected chi connectivity index (χ3v) is 8.70. The zero-order chi connectivity index (χ0) is 22.2. The molecule has 182 valence electrons. The Hall–Kier alpha value is -0.000519. The van der Waals surface area contributed by atoms with Crippen LogP contribution >= 0.6 is 0 Å². The van der Waals surface area contributed by atoms with E-state index in [-0.39, 0.29) is 0 Å². The summed E-state index contributed by atoms with van der Waals surface area (Å²) in [5.74, 6) is 0. The molecule has 0 saturated heterocycles. The summed E-state index contributed by atoms with van der Waals surface area (Å²) in [6, 6.07) is 0. The van der Waals surface area contributed by atoms with E-state index in [0.29, 0.717) is 14.5 Å². The molecule has 1 aromatic heterocycles. The van der Waals surface area contributed by atoms with Crippen molar-refractivity contribution in [2.24, 2.45) is 0 Å². The maximum absolute atomic E-state index is 2.58. The number of hydrogen-bond donors (Lipinski definition) is 0. The number of rotatable bonds is 24. The Balaban J connectivity index is 1.91. The summed E-state index contributed by atoms with van der Waals surface area (Å²) in [7, 11) is 0. The second-order valence-electron chi connectivity index (χ2n) is 9.99. The van der Waals surface area contributed by atoms with E-state index in [1.807, 2.05) is 0 Å². The molecule has 1 heteroatoms. The average molecular weight is 496 g/mol. The first-order valence-corrected chi connectivity index (χ1v) is 16.4. The van der Waals surface area contributed by atoms with Crippen molar-refractivity contribution >= 4 is 14.5 Å². The van der Waals surface area contributed by atoms with Gasteiger partial charge >= 0.3 is 164 Å². The van der Waals surface area contributed by atoms with E-state index in [0.717, 1.165) is 0 Å². The first kappa shape index (κ1) is 29.0. The van der Waals surface area contributed by atoms with E-state index in [9.17, 15) is 0 Å². The first-order valence-electron chi connectivity index (χ1n) is 14.4. The molecule has 0 aliphatic heterocycles. The van der Waals surface area contributed by atoms with Gasteiger partial charge in [0.25, 0.3) is 0 Å². The van der Waals surface area contributed by atoms with Gasteiger partial charge in [-0.25, -0.2) is 0 Å². The van der Waals surface area contributed by atoms with Crippen molar-refractivity contribution in [1.82, 2.24) is 0 Å². The second-order valence-corrected chi connectivity index (χ2v) is 11.6. The molecule has 31 heavy (non-hydrogen) atoms.